The number of aromatic nitrogens is 2. The summed E-state index contributed by atoms with van der Waals surface area (Å²) < 4.78 is 113. The maximum atomic E-state index is 15.5. The number of aromatic amines is 1. The average Bonchev–Trinajstić information content (AvgIpc) is 3.35. The van der Waals surface area contributed by atoms with Crippen LogP contribution >= 0.6 is 0 Å². The van der Waals surface area contributed by atoms with E-state index in [1.165, 1.54) is 30.3 Å². The summed E-state index contributed by atoms with van der Waals surface area (Å²) in [5.74, 6) is -3.19. The molecule has 2 aromatic carbocycles. The molecule has 0 fully saturated rings. The highest BCUT2D eigenvalue weighted by atomic mass is 32.2. The number of benzene rings is 2. The molecule has 2 aliphatic rings. The van der Waals surface area contributed by atoms with Gasteiger partial charge in [-0.1, -0.05) is 32.0 Å². The average molecular weight is 629 g/mol. The number of nitrogens with zero attached hydrogens (tertiary/aromatic N) is 2. The van der Waals surface area contributed by atoms with Crippen LogP contribution in [0.5, 0.6) is 0 Å². The van der Waals surface area contributed by atoms with Crippen LogP contribution < -0.4 is 15.6 Å². The van der Waals surface area contributed by atoms with E-state index < -0.39 is 90.0 Å². The van der Waals surface area contributed by atoms with Crippen LogP contribution in [0.15, 0.2) is 75.6 Å². The molecule has 1 unspecified atom stereocenters. The predicted molar refractivity (Wildman–Crippen MR) is 139 cm³/mol. The van der Waals surface area contributed by atoms with Crippen molar-refractivity contribution in [3.05, 3.63) is 87.5 Å². The van der Waals surface area contributed by atoms with E-state index in [0.29, 0.717) is 4.90 Å². The van der Waals surface area contributed by atoms with Gasteiger partial charge in [-0.25, -0.2) is 18.2 Å². The molecule has 1 atom stereocenters. The molecule has 0 saturated carbocycles. The predicted octanol–water partition coefficient (Wildman–Crippen LogP) is 4.32. The second-order valence-electron chi connectivity index (χ2n) is 11.0. The van der Waals surface area contributed by atoms with Gasteiger partial charge >= 0.3 is 12.4 Å². The number of amides is 1. The Balaban J connectivity index is 1.90. The van der Waals surface area contributed by atoms with Crippen LogP contribution in [0.4, 0.5) is 32.0 Å². The lowest BCUT2D eigenvalue weighted by Crippen LogP contribution is -2.55. The second-order valence-corrected chi connectivity index (χ2v) is 12.6. The third-order valence-electron chi connectivity index (χ3n) is 7.43. The lowest BCUT2D eigenvalue weighted by molar-refractivity contribution is -0.186. The van der Waals surface area contributed by atoms with Gasteiger partial charge in [-0.15, -0.1) is 0 Å². The Labute approximate surface area is 239 Å². The maximum Gasteiger partial charge on any atom is 0.433 e. The number of nitrogens with one attached hydrogen (secondary N) is 1. The van der Waals surface area contributed by atoms with Gasteiger partial charge in [-0.3, -0.25) is 24.4 Å². The number of sulfonamides is 1. The summed E-state index contributed by atoms with van der Waals surface area (Å²) in [6.45, 7) is 3.12. The number of rotatable bonds is 4. The highest BCUT2D eigenvalue weighted by molar-refractivity contribution is 7.89. The molecular weight excluding hydrogens is 606 g/mol. The fraction of sp³-hybridized carbons (Fsp3) is 0.296. The summed E-state index contributed by atoms with van der Waals surface area (Å²) in [5, 5.41) is 6.66. The number of primary sulfonamides is 1. The van der Waals surface area contributed by atoms with Gasteiger partial charge in [0.15, 0.2) is 5.78 Å². The highest BCUT2D eigenvalue weighted by Crippen LogP contribution is 2.59. The standard InChI is InChI=1S/C27H22F6N4O5S/c1-24(2)12-17-19(18(38)13-24)25(27(31,32)33,23(40)36(17)14-6-4-3-5-7-14)20-21(26(28,29)30)35-37(22(20)39)15-8-10-16(11-9-15)43(34,41)42/h3-11,35H,12-13H2,1-2H3,(H2,34,41,42). The quantitative estimate of drug-likeness (QED) is 0.415. The Morgan fingerprint density at radius 2 is 1.44 bits per heavy atom. The van der Waals surface area contributed by atoms with Gasteiger partial charge in [-0.2, -0.15) is 26.3 Å². The molecule has 0 radical (unpaired) electrons. The molecule has 1 aromatic heterocycles. The number of para-hydroxylation sites is 1. The number of nitrogens with two attached hydrogens (primary N) is 1. The third kappa shape index (κ3) is 4.59. The van der Waals surface area contributed by atoms with E-state index >= 15 is 13.2 Å². The zero-order chi connectivity index (χ0) is 31.9. The second kappa shape index (κ2) is 9.41. The molecule has 1 aliphatic heterocycles. The first kappa shape index (κ1) is 30.3. The Bertz CT molecular complexity index is 1860. The minimum atomic E-state index is -5.90. The van der Waals surface area contributed by atoms with Crippen LogP contribution in [-0.2, 0) is 31.2 Å². The van der Waals surface area contributed by atoms with E-state index in [4.69, 9.17) is 5.14 Å². The summed E-state index contributed by atoms with van der Waals surface area (Å²) in [6.07, 6.45) is -12.4. The van der Waals surface area contributed by atoms with Crippen molar-refractivity contribution < 1.29 is 44.3 Å². The molecule has 0 bridgehead atoms. The van der Waals surface area contributed by atoms with Crippen molar-refractivity contribution in [2.75, 3.05) is 4.90 Å². The third-order valence-corrected chi connectivity index (χ3v) is 8.36. The number of allylic oxidation sites excluding steroid dienone is 1. The summed E-state index contributed by atoms with van der Waals surface area (Å²) in [7, 11) is -4.27. The Hall–Kier alpha value is -4.18. The van der Waals surface area contributed by atoms with E-state index in [-0.39, 0.29) is 16.8 Å². The van der Waals surface area contributed by atoms with E-state index in [1.54, 1.807) is 18.9 Å². The number of ketones is 1. The maximum absolute atomic E-state index is 15.5. The van der Waals surface area contributed by atoms with Crippen LogP contribution in [-0.4, -0.2) is 36.1 Å². The lowest BCUT2D eigenvalue weighted by atomic mass is 9.66. The smallest absolute Gasteiger partial charge is 0.294 e. The molecule has 1 aliphatic carbocycles. The van der Waals surface area contributed by atoms with Gasteiger partial charge in [-0.05, 0) is 48.2 Å². The number of carbonyl (C=O) groups excluding carboxylic acids is 2. The topological polar surface area (TPSA) is 135 Å². The van der Waals surface area contributed by atoms with E-state index in [2.05, 4.69) is 0 Å². The summed E-state index contributed by atoms with van der Waals surface area (Å²) in [6, 6.07) is 10.1. The number of anilines is 1. The number of H-pyrrole nitrogens is 1. The Morgan fingerprint density at radius 1 is 0.860 bits per heavy atom. The van der Waals surface area contributed by atoms with Crippen molar-refractivity contribution in [1.29, 1.82) is 0 Å². The van der Waals surface area contributed by atoms with Gasteiger partial charge in [0.25, 0.3) is 11.5 Å². The van der Waals surface area contributed by atoms with E-state index in [9.17, 15) is 36.0 Å². The minimum Gasteiger partial charge on any atom is -0.294 e. The molecule has 0 saturated heterocycles. The van der Waals surface area contributed by atoms with Crippen molar-refractivity contribution in [3.8, 4) is 5.69 Å². The van der Waals surface area contributed by atoms with Crippen LogP contribution in [0.25, 0.3) is 5.69 Å². The molecule has 3 N–H and O–H groups in total. The Morgan fingerprint density at radius 3 is 1.95 bits per heavy atom. The molecule has 228 valence electrons. The number of carbonyl (C=O) groups is 2. The number of hydrogen-bond acceptors (Lipinski definition) is 5. The molecular formula is C27H22F6N4O5S. The zero-order valence-electron chi connectivity index (χ0n) is 22.3. The van der Waals surface area contributed by atoms with Gasteiger partial charge in [0, 0.05) is 23.4 Å². The van der Waals surface area contributed by atoms with Crippen LogP contribution in [0.2, 0.25) is 0 Å². The van der Waals surface area contributed by atoms with Gasteiger partial charge < -0.3 is 0 Å². The van der Waals surface area contributed by atoms with Crippen molar-refractivity contribution in [2.24, 2.45) is 10.6 Å². The first-order valence-electron chi connectivity index (χ1n) is 12.5. The molecule has 5 rings (SSSR count). The number of halogens is 6. The monoisotopic (exact) mass is 628 g/mol. The Kier molecular flexibility index (Phi) is 6.63. The molecule has 3 aromatic rings. The summed E-state index contributed by atoms with van der Waals surface area (Å²) >= 11 is 0. The van der Waals surface area contributed by atoms with Crippen molar-refractivity contribution in [1.82, 2.24) is 9.78 Å². The molecule has 16 heteroatoms. The van der Waals surface area contributed by atoms with E-state index in [1.807, 2.05) is 0 Å². The summed E-state index contributed by atoms with van der Waals surface area (Å²) in [5.41, 5.74) is -13.8. The molecule has 0 spiro atoms. The van der Waals surface area contributed by atoms with Crippen molar-refractivity contribution in [3.63, 3.8) is 0 Å². The van der Waals surface area contributed by atoms with Gasteiger partial charge in [0.1, 0.15) is 5.69 Å². The SMILES string of the molecule is CC1(C)CC(=O)C2=C(C1)N(c1ccccc1)C(=O)C2(c1c(C(F)(F)F)[nH]n(-c2ccc(S(N)(=O)=O)cc2)c1=O)C(F)(F)F. The fourth-order valence-electron chi connectivity index (χ4n) is 5.75. The normalized spacial score (nSPS) is 21.0. The zero-order valence-corrected chi connectivity index (χ0v) is 23.1. The number of alkyl halides is 6. The number of hydrogen-bond donors (Lipinski definition) is 2. The number of Topliss-reactive ketones (excluding diaryl/α,β-unsaturated/α-hetero) is 1. The van der Waals surface area contributed by atoms with E-state index in [0.717, 1.165) is 24.3 Å². The molecule has 43 heavy (non-hydrogen) atoms. The minimum absolute atomic E-state index is 0.106. The summed E-state index contributed by atoms with van der Waals surface area (Å²) in [4.78, 5) is 41.5. The lowest BCUT2D eigenvalue weighted by Gasteiger charge is -2.35. The van der Waals surface area contributed by atoms with Crippen molar-refractivity contribution in [2.45, 2.75) is 49.4 Å². The molecule has 1 amide bonds. The fourth-order valence-corrected chi connectivity index (χ4v) is 6.26. The van der Waals surface area contributed by atoms with Crippen LogP contribution in [0.3, 0.4) is 0 Å². The highest BCUT2D eigenvalue weighted by Gasteiger charge is 2.74. The largest absolute Gasteiger partial charge is 0.433 e. The molecule has 9 nitrogen and oxygen atoms in total. The van der Waals surface area contributed by atoms with Crippen LogP contribution in [0, 0.1) is 5.41 Å². The molecule has 2 heterocycles. The van der Waals surface area contributed by atoms with Gasteiger partial charge in [0.05, 0.1) is 16.1 Å². The van der Waals surface area contributed by atoms with Crippen molar-refractivity contribution >= 4 is 27.4 Å². The van der Waals surface area contributed by atoms with Gasteiger partial charge in [0.2, 0.25) is 15.4 Å². The first-order chi connectivity index (χ1) is 19.7. The van der Waals surface area contributed by atoms with Crippen LogP contribution in [0.1, 0.15) is 37.9 Å². The first-order valence-corrected chi connectivity index (χ1v) is 14.1.